The van der Waals surface area contributed by atoms with Crippen molar-refractivity contribution in [2.75, 3.05) is 26.7 Å². The molecule has 1 fully saturated rings. The molecule has 0 atom stereocenters. The lowest BCUT2D eigenvalue weighted by Crippen LogP contribution is -2.38. The Morgan fingerprint density at radius 2 is 1.77 bits per heavy atom. The molecule has 164 valence electrons. The van der Waals surface area contributed by atoms with Gasteiger partial charge in [0, 0.05) is 42.3 Å². The summed E-state index contributed by atoms with van der Waals surface area (Å²) in [5, 5.41) is 0.950. The van der Waals surface area contributed by atoms with E-state index in [1.165, 1.54) is 12.1 Å². The van der Waals surface area contributed by atoms with Gasteiger partial charge in [0.1, 0.15) is 23.4 Å². The zero-order valence-corrected chi connectivity index (χ0v) is 18.1. The summed E-state index contributed by atoms with van der Waals surface area (Å²) < 4.78 is 26.5. The maximum Gasteiger partial charge on any atom is 0.161 e. The van der Waals surface area contributed by atoms with E-state index in [4.69, 9.17) is 9.47 Å². The van der Waals surface area contributed by atoms with Crippen LogP contribution >= 0.6 is 0 Å². The fourth-order valence-electron chi connectivity index (χ4n) is 4.29. The highest BCUT2D eigenvalue weighted by atomic mass is 19.1. The van der Waals surface area contributed by atoms with E-state index in [1.54, 1.807) is 26.2 Å². The predicted molar refractivity (Wildman–Crippen MR) is 120 cm³/mol. The van der Waals surface area contributed by atoms with E-state index < -0.39 is 0 Å². The first-order valence-corrected chi connectivity index (χ1v) is 10.9. The van der Waals surface area contributed by atoms with E-state index in [9.17, 15) is 9.18 Å². The fraction of sp³-hybridized carbons (Fsp3) is 0.400. The number of carbonyl (C=O) groups is 1. The zero-order chi connectivity index (χ0) is 21.8. The number of benzene rings is 2. The molecule has 1 aromatic heterocycles. The summed E-state index contributed by atoms with van der Waals surface area (Å²) in [5.74, 6) is 1.32. The van der Waals surface area contributed by atoms with Gasteiger partial charge in [-0.3, -0.25) is 4.79 Å². The third-order valence-electron chi connectivity index (χ3n) is 5.99. The van der Waals surface area contributed by atoms with Crippen LogP contribution in [0, 0.1) is 5.82 Å². The smallest absolute Gasteiger partial charge is 0.161 e. The molecule has 0 aliphatic carbocycles. The molecule has 4 rings (SSSR count). The number of hydrogen-bond donors (Lipinski definition) is 0. The minimum atomic E-state index is -0.243. The van der Waals surface area contributed by atoms with Gasteiger partial charge in [0.15, 0.2) is 5.78 Å². The lowest BCUT2D eigenvalue weighted by molar-refractivity contribution is 0.0992. The number of ether oxygens (including phenoxy) is 2. The monoisotopic (exact) mass is 424 g/mol. The molecular weight excluding hydrogens is 395 g/mol. The second-order valence-corrected chi connectivity index (χ2v) is 8.14. The molecule has 0 radical (unpaired) electrons. The van der Waals surface area contributed by atoms with Gasteiger partial charge in [0.2, 0.25) is 0 Å². The van der Waals surface area contributed by atoms with E-state index >= 15 is 0 Å². The van der Waals surface area contributed by atoms with E-state index in [0.29, 0.717) is 0 Å². The first-order chi connectivity index (χ1) is 15.0. The van der Waals surface area contributed by atoms with Crippen LogP contribution < -0.4 is 9.47 Å². The quantitative estimate of drug-likeness (QED) is 0.481. The number of halogens is 1. The zero-order valence-electron chi connectivity index (χ0n) is 18.1. The van der Waals surface area contributed by atoms with Crippen molar-refractivity contribution in [1.29, 1.82) is 0 Å². The number of rotatable bonds is 8. The van der Waals surface area contributed by atoms with Crippen LogP contribution in [0.3, 0.4) is 0 Å². The number of aryl methyl sites for hydroxylation is 1. The normalized spacial score (nSPS) is 15.3. The van der Waals surface area contributed by atoms with Gasteiger partial charge in [0.25, 0.3) is 0 Å². The Labute approximate surface area is 182 Å². The predicted octanol–water partition coefficient (Wildman–Crippen LogP) is 4.93. The summed E-state index contributed by atoms with van der Waals surface area (Å²) in [7, 11) is 1.64. The third kappa shape index (κ3) is 5.07. The number of aromatic nitrogens is 1. The van der Waals surface area contributed by atoms with E-state index in [2.05, 4.69) is 9.47 Å². The summed E-state index contributed by atoms with van der Waals surface area (Å²) >= 11 is 0. The van der Waals surface area contributed by atoms with Crippen LogP contribution in [0.4, 0.5) is 4.39 Å². The van der Waals surface area contributed by atoms with Crippen molar-refractivity contribution < 1.29 is 18.7 Å². The number of methoxy groups -OCH3 is 1. The fourth-order valence-corrected chi connectivity index (χ4v) is 4.29. The van der Waals surface area contributed by atoms with E-state index in [1.807, 2.05) is 24.4 Å². The van der Waals surface area contributed by atoms with Crippen LogP contribution in [0.5, 0.6) is 11.5 Å². The molecule has 1 saturated heterocycles. The molecule has 0 spiro atoms. The van der Waals surface area contributed by atoms with Crippen molar-refractivity contribution in [3.8, 4) is 11.5 Å². The SMILES string of the molecule is COc1ccc2c(c1)c(C(C)=O)cn2CCCN1CCC(Oc2ccc(F)cc2)CC1. The Morgan fingerprint density at radius 3 is 2.45 bits per heavy atom. The Kier molecular flexibility index (Phi) is 6.56. The maximum atomic E-state index is 13.0. The summed E-state index contributed by atoms with van der Waals surface area (Å²) in [5.41, 5.74) is 1.81. The standard InChI is InChI=1S/C25H29FN2O3/c1-18(29)24-17-28(25-9-8-22(30-2)16-23(24)25)13-3-12-27-14-10-21(11-15-27)31-20-6-4-19(26)5-7-20/h4-9,16-17,21H,3,10-15H2,1-2H3. The number of Topliss-reactive ketones (excluding diaryl/α,β-unsaturated/α-hetero) is 1. The Morgan fingerprint density at radius 1 is 1.06 bits per heavy atom. The maximum absolute atomic E-state index is 13.0. The minimum absolute atomic E-state index is 0.0697. The highest BCUT2D eigenvalue weighted by molar-refractivity contribution is 6.07. The van der Waals surface area contributed by atoms with Crippen LogP contribution in [0.25, 0.3) is 10.9 Å². The second kappa shape index (κ2) is 9.52. The van der Waals surface area contributed by atoms with Gasteiger partial charge in [-0.15, -0.1) is 0 Å². The van der Waals surface area contributed by atoms with Gasteiger partial charge in [-0.25, -0.2) is 4.39 Å². The Balaban J connectivity index is 1.29. The number of nitrogens with zero attached hydrogens (tertiary/aromatic N) is 2. The van der Waals surface area contributed by atoms with Crippen LogP contribution in [0.15, 0.2) is 48.7 Å². The number of hydrogen-bond acceptors (Lipinski definition) is 4. The summed E-state index contributed by atoms with van der Waals surface area (Å²) in [6, 6.07) is 12.1. The molecule has 31 heavy (non-hydrogen) atoms. The van der Waals surface area contributed by atoms with Gasteiger partial charge < -0.3 is 18.9 Å². The summed E-state index contributed by atoms with van der Waals surface area (Å²) in [6.45, 7) is 5.47. The topological polar surface area (TPSA) is 43.7 Å². The number of fused-ring (bicyclic) bond motifs is 1. The first-order valence-electron chi connectivity index (χ1n) is 10.9. The second-order valence-electron chi connectivity index (χ2n) is 8.14. The first kappa shape index (κ1) is 21.4. The molecule has 5 nitrogen and oxygen atoms in total. The number of carbonyl (C=O) groups excluding carboxylic acids is 1. The molecule has 2 aromatic carbocycles. The molecule has 1 aliphatic rings. The Hall–Kier alpha value is -2.86. The van der Waals surface area contributed by atoms with Gasteiger partial charge >= 0.3 is 0 Å². The summed E-state index contributed by atoms with van der Waals surface area (Å²) in [6.07, 6.45) is 5.10. The molecule has 6 heteroatoms. The van der Waals surface area contributed by atoms with Crippen molar-refractivity contribution in [3.63, 3.8) is 0 Å². The Bertz CT molecular complexity index is 1040. The molecule has 1 aliphatic heterocycles. The lowest BCUT2D eigenvalue weighted by Gasteiger charge is -2.32. The molecular formula is C25H29FN2O3. The van der Waals surface area contributed by atoms with Gasteiger partial charge in [-0.05, 0) is 75.2 Å². The van der Waals surface area contributed by atoms with Crippen molar-refractivity contribution in [1.82, 2.24) is 9.47 Å². The van der Waals surface area contributed by atoms with Gasteiger partial charge in [0.05, 0.1) is 7.11 Å². The molecule has 0 saturated carbocycles. The molecule has 0 bridgehead atoms. The number of ketones is 1. The molecule has 0 unspecified atom stereocenters. The average Bonchev–Trinajstić information content (AvgIpc) is 3.14. The van der Waals surface area contributed by atoms with E-state index in [-0.39, 0.29) is 17.7 Å². The van der Waals surface area contributed by atoms with Crippen molar-refractivity contribution in [3.05, 3.63) is 60.0 Å². The third-order valence-corrected chi connectivity index (χ3v) is 5.99. The number of likely N-dealkylation sites (tertiary alicyclic amines) is 1. The minimum Gasteiger partial charge on any atom is -0.497 e. The average molecular weight is 425 g/mol. The van der Waals surface area contributed by atoms with Crippen LogP contribution in [0.1, 0.15) is 36.5 Å². The molecule has 0 amide bonds. The van der Waals surface area contributed by atoms with Crippen molar-refractivity contribution >= 4 is 16.7 Å². The molecule has 2 heterocycles. The molecule has 3 aromatic rings. The largest absolute Gasteiger partial charge is 0.497 e. The van der Waals surface area contributed by atoms with Crippen LogP contribution in [0.2, 0.25) is 0 Å². The van der Waals surface area contributed by atoms with Crippen molar-refractivity contribution in [2.24, 2.45) is 0 Å². The number of piperidine rings is 1. The van der Waals surface area contributed by atoms with Gasteiger partial charge in [-0.2, -0.15) is 0 Å². The summed E-state index contributed by atoms with van der Waals surface area (Å²) in [4.78, 5) is 14.5. The van der Waals surface area contributed by atoms with Crippen molar-refractivity contribution in [2.45, 2.75) is 38.8 Å². The van der Waals surface area contributed by atoms with Crippen LogP contribution in [-0.4, -0.2) is 48.1 Å². The van der Waals surface area contributed by atoms with Crippen LogP contribution in [-0.2, 0) is 6.54 Å². The lowest BCUT2D eigenvalue weighted by atomic mass is 10.1. The van der Waals surface area contributed by atoms with Gasteiger partial charge in [-0.1, -0.05) is 0 Å². The van der Waals surface area contributed by atoms with E-state index in [0.717, 1.165) is 73.4 Å². The highest BCUT2D eigenvalue weighted by Gasteiger charge is 2.20. The molecule has 0 N–H and O–H groups in total. The highest BCUT2D eigenvalue weighted by Crippen LogP contribution is 2.27.